The summed E-state index contributed by atoms with van der Waals surface area (Å²) in [6, 6.07) is 6.68. The van der Waals surface area contributed by atoms with Crippen molar-refractivity contribution in [2.24, 2.45) is 0 Å². The number of alkyl halides is 2. The number of rotatable bonds is 3. The number of hydrogen-bond acceptors (Lipinski definition) is 5. The number of hydrogen-bond donors (Lipinski definition) is 3. The van der Waals surface area contributed by atoms with Crippen molar-refractivity contribution in [3.8, 4) is 17.6 Å². The number of fused-ring (bicyclic) bond motifs is 1. The van der Waals surface area contributed by atoms with Gasteiger partial charge in [-0.2, -0.15) is 5.26 Å². The predicted molar refractivity (Wildman–Crippen MR) is 81.5 cm³/mol. The Labute approximate surface area is 147 Å². The fourth-order valence-electron chi connectivity index (χ4n) is 2.75. The second-order valence-electron chi connectivity index (χ2n) is 5.51. The van der Waals surface area contributed by atoms with Gasteiger partial charge in [0.1, 0.15) is 29.5 Å². The number of benzene rings is 2. The molecule has 0 saturated heterocycles. The fraction of sp³-hybridized carbons (Fsp3) is 0.188. The van der Waals surface area contributed by atoms with Crippen molar-refractivity contribution < 1.29 is 36.9 Å². The monoisotopic (exact) mass is 385 g/mol. The molecule has 26 heavy (non-hydrogen) atoms. The quantitative estimate of drug-likeness (QED) is 0.701. The molecule has 3 rings (SSSR count). The smallest absolute Gasteiger partial charge is 0.307 e. The van der Waals surface area contributed by atoms with Crippen molar-refractivity contribution in [2.75, 3.05) is 0 Å². The molecule has 3 N–H and O–H groups in total. The summed E-state index contributed by atoms with van der Waals surface area (Å²) in [5, 5.41) is 28.6. The van der Waals surface area contributed by atoms with E-state index in [0.29, 0.717) is 0 Å². The number of aliphatic hydroxyl groups excluding tert-OH is 2. The molecule has 0 heterocycles. The summed E-state index contributed by atoms with van der Waals surface area (Å²) in [5.41, 5.74) is -1.29. The van der Waals surface area contributed by atoms with Crippen LogP contribution in [0, 0.1) is 17.1 Å². The SMILES string of the molecule is N#Cc1cc(F)cc(Oc2ccc(S(=O)O)c3c2[C@@H](O)C(F)(F)[C@H]3O)c1. The molecule has 0 saturated carbocycles. The maximum atomic E-state index is 14.0. The molecule has 1 aliphatic rings. The third-order valence-electron chi connectivity index (χ3n) is 3.90. The third-order valence-corrected chi connectivity index (χ3v) is 4.63. The first kappa shape index (κ1) is 18.3. The molecule has 0 aliphatic heterocycles. The average molecular weight is 385 g/mol. The van der Waals surface area contributed by atoms with Gasteiger partial charge in [0.2, 0.25) is 0 Å². The van der Waals surface area contributed by atoms with Crippen LogP contribution in [0.1, 0.15) is 28.9 Å². The minimum Gasteiger partial charge on any atom is -0.457 e. The highest BCUT2D eigenvalue weighted by Crippen LogP contribution is 2.55. The van der Waals surface area contributed by atoms with E-state index in [1.807, 2.05) is 0 Å². The van der Waals surface area contributed by atoms with Gasteiger partial charge >= 0.3 is 5.92 Å². The largest absolute Gasteiger partial charge is 0.457 e. The minimum atomic E-state index is -4.02. The van der Waals surface area contributed by atoms with Crippen LogP contribution in [-0.4, -0.2) is 24.9 Å². The molecule has 1 unspecified atom stereocenters. The molecular formula is C16H10F3NO5S. The molecule has 3 atom stereocenters. The summed E-state index contributed by atoms with van der Waals surface area (Å²) in [7, 11) is 0. The van der Waals surface area contributed by atoms with Crippen LogP contribution in [0.15, 0.2) is 35.2 Å². The van der Waals surface area contributed by atoms with E-state index in [0.717, 1.165) is 30.3 Å². The Morgan fingerprint density at radius 2 is 1.81 bits per heavy atom. The fourth-order valence-corrected chi connectivity index (χ4v) is 3.34. The lowest BCUT2D eigenvalue weighted by Crippen LogP contribution is -2.26. The normalized spacial score (nSPS) is 21.7. The molecule has 0 amide bonds. The van der Waals surface area contributed by atoms with Gasteiger partial charge in [0, 0.05) is 17.2 Å². The molecule has 136 valence electrons. The molecule has 0 fully saturated rings. The first-order chi connectivity index (χ1) is 12.2. The van der Waals surface area contributed by atoms with E-state index in [-0.39, 0.29) is 17.1 Å². The molecular weight excluding hydrogens is 375 g/mol. The van der Waals surface area contributed by atoms with E-state index in [4.69, 9.17) is 10.00 Å². The molecule has 0 radical (unpaired) electrons. The van der Waals surface area contributed by atoms with Crippen LogP contribution in [0.3, 0.4) is 0 Å². The van der Waals surface area contributed by atoms with E-state index in [1.165, 1.54) is 0 Å². The van der Waals surface area contributed by atoms with Crippen LogP contribution in [-0.2, 0) is 11.1 Å². The van der Waals surface area contributed by atoms with Gasteiger partial charge < -0.3 is 19.5 Å². The van der Waals surface area contributed by atoms with Gasteiger partial charge in [-0.1, -0.05) is 0 Å². The summed E-state index contributed by atoms with van der Waals surface area (Å²) < 4.78 is 67.5. The highest BCUT2D eigenvalue weighted by atomic mass is 32.2. The number of aliphatic hydroxyl groups is 2. The topological polar surface area (TPSA) is 111 Å². The second kappa shape index (κ2) is 6.37. The van der Waals surface area contributed by atoms with Crippen molar-refractivity contribution in [3.05, 3.63) is 52.8 Å². The van der Waals surface area contributed by atoms with Crippen LogP contribution in [0.2, 0.25) is 0 Å². The van der Waals surface area contributed by atoms with Crippen molar-refractivity contribution in [1.82, 2.24) is 0 Å². The van der Waals surface area contributed by atoms with Gasteiger partial charge in [0.05, 0.1) is 16.5 Å². The Kier molecular flexibility index (Phi) is 4.49. The van der Waals surface area contributed by atoms with E-state index in [2.05, 4.69) is 0 Å². The molecule has 2 aromatic rings. The van der Waals surface area contributed by atoms with Crippen LogP contribution >= 0.6 is 0 Å². The summed E-state index contributed by atoms with van der Waals surface area (Å²) in [5.74, 6) is -5.41. The molecule has 0 aromatic heterocycles. The Balaban J connectivity index is 2.16. The second-order valence-corrected chi connectivity index (χ2v) is 6.45. The lowest BCUT2D eigenvalue weighted by molar-refractivity contribution is -0.166. The lowest BCUT2D eigenvalue weighted by atomic mass is 10.1. The average Bonchev–Trinajstić information content (AvgIpc) is 2.75. The molecule has 6 nitrogen and oxygen atoms in total. The third kappa shape index (κ3) is 2.85. The number of nitrogens with zero attached hydrogens (tertiary/aromatic N) is 1. The highest BCUT2D eigenvalue weighted by Gasteiger charge is 2.57. The maximum Gasteiger partial charge on any atom is 0.307 e. The van der Waals surface area contributed by atoms with E-state index in [9.17, 15) is 32.1 Å². The molecule has 2 aromatic carbocycles. The van der Waals surface area contributed by atoms with Crippen molar-refractivity contribution in [3.63, 3.8) is 0 Å². The first-order valence-corrected chi connectivity index (χ1v) is 8.17. The van der Waals surface area contributed by atoms with Crippen LogP contribution < -0.4 is 4.74 Å². The van der Waals surface area contributed by atoms with E-state index >= 15 is 0 Å². The van der Waals surface area contributed by atoms with Gasteiger partial charge in [0.25, 0.3) is 0 Å². The molecule has 0 bridgehead atoms. The lowest BCUT2D eigenvalue weighted by Gasteiger charge is -2.17. The summed E-state index contributed by atoms with van der Waals surface area (Å²) in [6.45, 7) is 0. The minimum absolute atomic E-state index is 0.0874. The van der Waals surface area contributed by atoms with Gasteiger partial charge in [-0.3, -0.25) is 0 Å². The zero-order valence-electron chi connectivity index (χ0n) is 12.7. The summed E-state index contributed by atoms with van der Waals surface area (Å²) in [6.07, 6.45) is -5.03. The number of halogens is 3. The van der Waals surface area contributed by atoms with Gasteiger partial charge in [-0.15, -0.1) is 0 Å². The molecule has 0 spiro atoms. The zero-order chi connectivity index (χ0) is 19.2. The number of nitriles is 1. The van der Waals surface area contributed by atoms with Gasteiger partial charge in [-0.25, -0.2) is 17.4 Å². The highest BCUT2D eigenvalue weighted by molar-refractivity contribution is 7.79. The Morgan fingerprint density at radius 1 is 1.15 bits per heavy atom. The van der Waals surface area contributed by atoms with Crippen LogP contribution in [0.25, 0.3) is 0 Å². The molecule has 10 heteroatoms. The maximum absolute atomic E-state index is 14.0. The Morgan fingerprint density at radius 3 is 2.42 bits per heavy atom. The Hall–Kier alpha value is -2.45. The summed E-state index contributed by atoms with van der Waals surface area (Å²) >= 11 is -2.71. The van der Waals surface area contributed by atoms with Gasteiger partial charge in [-0.05, 0) is 24.3 Å². The standard InChI is InChI=1S/C16H10F3NO5S/c17-8-3-7(6-20)4-9(5-8)25-10-1-2-11(26(23)24)13-12(10)14(21)16(18,19)15(13)22/h1-5,14-15,21-22H,(H,23,24)/t14-,15+/m1/s1. The van der Waals surface area contributed by atoms with Gasteiger partial charge in [0.15, 0.2) is 11.1 Å². The molecule has 1 aliphatic carbocycles. The first-order valence-electron chi connectivity index (χ1n) is 7.07. The van der Waals surface area contributed by atoms with Crippen LogP contribution in [0.4, 0.5) is 13.2 Å². The van der Waals surface area contributed by atoms with Crippen molar-refractivity contribution >= 4 is 11.1 Å². The summed E-state index contributed by atoms with van der Waals surface area (Å²) in [4.78, 5) is -0.506. The predicted octanol–water partition coefficient (Wildman–Crippen LogP) is 2.79. The van der Waals surface area contributed by atoms with E-state index in [1.54, 1.807) is 6.07 Å². The van der Waals surface area contributed by atoms with Crippen molar-refractivity contribution in [1.29, 1.82) is 5.26 Å². The number of ether oxygens (including phenoxy) is 1. The van der Waals surface area contributed by atoms with Crippen molar-refractivity contribution in [2.45, 2.75) is 23.0 Å². The van der Waals surface area contributed by atoms with Crippen LogP contribution in [0.5, 0.6) is 11.5 Å². The van der Waals surface area contributed by atoms with E-state index < -0.39 is 51.1 Å². The zero-order valence-corrected chi connectivity index (χ0v) is 13.5. The Bertz CT molecular complexity index is 960.